The standard InChI is InChI=1S/C10H27N5/c1-14(2)7-5-9(11)13-10(12)6-8-15(3)4/h9-10,13H,5-8,11-12H2,1-4H3. The van der Waals surface area contributed by atoms with E-state index < -0.39 is 0 Å². The van der Waals surface area contributed by atoms with Crippen LogP contribution in [-0.2, 0) is 0 Å². The first-order chi connectivity index (χ1) is 6.91. The minimum Gasteiger partial charge on any atom is -0.316 e. The molecule has 0 saturated carbocycles. The minimum atomic E-state index is -0.00966. The highest BCUT2D eigenvalue weighted by atomic mass is 15.1. The molecule has 0 rings (SSSR count). The van der Waals surface area contributed by atoms with Gasteiger partial charge in [-0.05, 0) is 41.0 Å². The highest BCUT2D eigenvalue weighted by Gasteiger charge is 2.08. The summed E-state index contributed by atoms with van der Waals surface area (Å²) in [5.41, 5.74) is 11.8. The van der Waals surface area contributed by atoms with Gasteiger partial charge >= 0.3 is 0 Å². The topological polar surface area (TPSA) is 70.5 Å². The van der Waals surface area contributed by atoms with Crippen molar-refractivity contribution in [2.45, 2.75) is 25.2 Å². The maximum atomic E-state index is 5.90. The van der Waals surface area contributed by atoms with E-state index in [0.717, 1.165) is 25.9 Å². The molecule has 15 heavy (non-hydrogen) atoms. The second kappa shape index (κ2) is 8.01. The summed E-state index contributed by atoms with van der Waals surface area (Å²) in [5.74, 6) is 0. The predicted octanol–water partition coefficient (Wildman–Crippen LogP) is -0.951. The average Bonchev–Trinajstić information content (AvgIpc) is 2.11. The Morgan fingerprint density at radius 2 is 1.20 bits per heavy atom. The summed E-state index contributed by atoms with van der Waals surface area (Å²) in [4.78, 5) is 4.24. The molecular formula is C10H27N5. The normalized spacial score (nSPS) is 16.0. The number of nitrogens with zero attached hydrogens (tertiary/aromatic N) is 2. The first-order valence-electron chi connectivity index (χ1n) is 5.48. The lowest BCUT2D eigenvalue weighted by molar-refractivity contribution is 0.315. The van der Waals surface area contributed by atoms with Crippen LogP contribution in [0.2, 0.25) is 0 Å². The second-order valence-electron chi connectivity index (χ2n) is 4.56. The molecular weight excluding hydrogens is 190 g/mol. The van der Waals surface area contributed by atoms with Crippen LogP contribution in [0.4, 0.5) is 0 Å². The number of nitrogens with two attached hydrogens (primary N) is 2. The Morgan fingerprint density at radius 3 is 1.47 bits per heavy atom. The molecule has 0 aliphatic rings. The molecule has 0 radical (unpaired) electrons. The first-order valence-corrected chi connectivity index (χ1v) is 5.48. The van der Waals surface area contributed by atoms with Crippen molar-refractivity contribution in [1.82, 2.24) is 15.1 Å². The predicted molar refractivity (Wildman–Crippen MR) is 65.4 cm³/mol. The average molecular weight is 217 g/mol. The molecule has 0 aliphatic heterocycles. The van der Waals surface area contributed by atoms with Gasteiger partial charge in [-0.2, -0.15) is 0 Å². The van der Waals surface area contributed by atoms with Crippen LogP contribution in [0.5, 0.6) is 0 Å². The summed E-state index contributed by atoms with van der Waals surface area (Å²) >= 11 is 0. The number of nitrogens with one attached hydrogen (secondary N) is 1. The van der Waals surface area contributed by atoms with Crippen molar-refractivity contribution in [2.75, 3.05) is 41.3 Å². The van der Waals surface area contributed by atoms with Gasteiger partial charge in [0.1, 0.15) is 0 Å². The molecule has 0 spiro atoms. The van der Waals surface area contributed by atoms with Gasteiger partial charge in [-0.3, -0.25) is 5.32 Å². The first kappa shape index (κ1) is 14.8. The highest BCUT2D eigenvalue weighted by Crippen LogP contribution is 1.91. The van der Waals surface area contributed by atoms with E-state index in [1.807, 2.05) is 28.2 Å². The van der Waals surface area contributed by atoms with Crippen molar-refractivity contribution >= 4 is 0 Å². The molecule has 5 heteroatoms. The van der Waals surface area contributed by atoms with Gasteiger partial charge in [0.2, 0.25) is 0 Å². The molecule has 0 aromatic heterocycles. The summed E-state index contributed by atoms with van der Waals surface area (Å²) in [5, 5.41) is 3.19. The SMILES string of the molecule is CN(C)CCC(N)NC(N)CCN(C)C. The number of hydrogen-bond donors (Lipinski definition) is 3. The molecule has 92 valence electrons. The second-order valence-corrected chi connectivity index (χ2v) is 4.56. The van der Waals surface area contributed by atoms with Gasteiger partial charge in [0.15, 0.2) is 0 Å². The van der Waals surface area contributed by atoms with E-state index in [1.54, 1.807) is 0 Å². The van der Waals surface area contributed by atoms with Crippen LogP contribution in [0, 0.1) is 0 Å². The fourth-order valence-corrected chi connectivity index (χ4v) is 1.24. The van der Waals surface area contributed by atoms with Gasteiger partial charge in [0.25, 0.3) is 0 Å². The van der Waals surface area contributed by atoms with Crippen molar-refractivity contribution in [3.05, 3.63) is 0 Å². The van der Waals surface area contributed by atoms with Gasteiger partial charge in [-0.1, -0.05) is 0 Å². The van der Waals surface area contributed by atoms with Crippen LogP contribution in [0.25, 0.3) is 0 Å². The van der Waals surface area contributed by atoms with Crippen molar-refractivity contribution in [2.24, 2.45) is 11.5 Å². The van der Waals surface area contributed by atoms with E-state index in [-0.39, 0.29) is 12.3 Å². The Labute approximate surface area is 93.8 Å². The van der Waals surface area contributed by atoms with Crippen LogP contribution < -0.4 is 16.8 Å². The largest absolute Gasteiger partial charge is 0.316 e. The zero-order chi connectivity index (χ0) is 11.8. The zero-order valence-corrected chi connectivity index (χ0v) is 10.5. The number of hydrogen-bond acceptors (Lipinski definition) is 5. The molecule has 0 aliphatic carbocycles. The fourth-order valence-electron chi connectivity index (χ4n) is 1.24. The third-order valence-corrected chi connectivity index (χ3v) is 2.20. The molecule has 0 bridgehead atoms. The van der Waals surface area contributed by atoms with Crippen LogP contribution in [-0.4, -0.2) is 63.4 Å². The highest BCUT2D eigenvalue weighted by molar-refractivity contribution is 4.67. The van der Waals surface area contributed by atoms with Gasteiger partial charge in [-0.25, -0.2) is 0 Å². The molecule has 0 fully saturated rings. The van der Waals surface area contributed by atoms with Gasteiger partial charge in [0, 0.05) is 13.1 Å². The van der Waals surface area contributed by atoms with Crippen molar-refractivity contribution in [1.29, 1.82) is 0 Å². The number of rotatable bonds is 8. The molecule has 0 amide bonds. The summed E-state index contributed by atoms with van der Waals surface area (Å²) in [7, 11) is 8.16. The lowest BCUT2D eigenvalue weighted by Crippen LogP contribution is -2.50. The molecule has 2 unspecified atom stereocenters. The van der Waals surface area contributed by atoms with E-state index in [2.05, 4.69) is 15.1 Å². The summed E-state index contributed by atoms with van der Waals surface area (Å²) in [6, 6.07) is 0. The van der Waals surface area contributed by atoms with Gasteiger partial charge in [-0.15, -0.1) is 0 Å². The summed E-state index contributed by atoms with van der Waals surface area (Å²) < 4.78 is 0. The Balaban J connectivity index is 3.52. The Kier molecular flexibility index (Phi) is 7.90. The van der Waals surface area contributed by atoms with Crippen LogP contribution in [0.3, 0.4) is 0 Å². The lowest BCUT2D eigenvalue weighted by Gasteiger charge is -2.22. The maximum absolute atomic E-state index is 5.90. The molecule has 5 nitrogen and oxygen atoms in total. The molecule has 0 saturated heterocycles. The Bertz CT molecular complexity index is 133. The van der Waals surface area contributed by atoms with Crippen LogP contribution in [0.1, 0.15) is 12.8 Å². The van der Waals surface area contributed by atoms with E-state index in [9.17, 15) is 0 Å². The Morgan fingerprint density at radius 1 is 0.867 bits per heavy atom. The molecule has 2 atom stereocenters. The van der Waals surface area contributed by atoms with Crippen molar-refractivity contribution in [3.8, 4) is 0 Å². The third kappa shape index (κ3) is 10.1. The molecule has 0 heterocycles. The van der Waals surface area contributed by atoms with Crippen molar-refractivity contribution in [3.63, 3.8) is 0 Å². The lowest BCUT2D eigenvalue weighted by atomic mass is 10.3. The van der Waals surface area contributed by atoms with E-state index >= 15 is 0 Å². The summed E-state index contributed by atoms with van der Waals surface area (Å²) in [6.07, 6.45) is 1.82. The van der Waals surface area contributed by atoms with E-state index in [4.69, 9.17) is 11.5 Å². The maximum Gasteiger partial charge on any atom is 0.0570 e. The smallest absolute Gasteiger partial charge is 0.0570 e. The molecule has 5 N–H and O–H groups in total. The quantitative estimate of drug-likeness (QED) is 0.457. The molecule has 0 aromatic carbocycles. The molecule has 0 aromatic rings. The van der Waals surface area contributed by atoms with Gasteiger partial charge < -0.3 is 21.3 Å². The minimum absolute atomic E-state index is 0.00966. The fraction of sp³-hybridized carbons (Fsp3) is 1.00. The zero-order valence-electron chi connectivity index (χ0n) is 10.5. The van der Waals surface area contributed by atoms with E-state index in [1.165, 1.54) is 0 Å². The van der Waals surface area contributed by atoms with Crippen molar-refractivity contribution < 1.29 is 0 Å². The van der Waals surface area contributed by atoms with Gasteiger partial charge in [0.05, 0.1) is 12.3 Å². The summed E-state index contributed by atoms with van der Waals surface area (Å²) in [6.45, 7) is 1.96. The third-order valence-electron chi connectivity index (χ3n) is 2.20. The van der Waals surface area contributed by atoms with E-state index in [0.29, 0.717) is 0 Å². The van der Waals surface area contributed by atoms with Crippen LogP contribution >= 0.6 is 0 Å². The Hall–Kier alpha value is -0.200. The van der Waals surface area contributed by atoms with Crippen LogP contribution in [0.15, 0.2) is 0 Å². The monoisotopic (exact) mass is 217 g/mol.